The van der Waals surface area contributed by atoms with E-state index in [1.165, 1.54) is 109 Å². The SMILES string of the molecule is CCCCCCCCCCCCCCCCC(O)N1CCCCC1. The number of piperidine rings is 1. The van der Waals surface area contributed by atoms with Crippen molar-refractivity contribution in [2.45, 2.75) is 129 Å². The summed E-state index contributed by atoms with van der Waals surface area (Å²) in [6.07, 6.45) is 24.3. The van der Waals surface area contributed by atoms with Crippen molar-refractivity contribution in [3.63, 3.8) is 0 Å². The Morgan fingerprint density at radius 3 is 1.50 bits per heavy atom. The van der Waals surface area contributed by atoms with Gasteiger partial charge in [0.15, 0.2) is 0 Å². The van der Waals surface area contributed by atoms with Gasteiger partial charge in [-0.3, -0.25) is 4.90 Å². The van der Waals surface area contributed by atoms with Crippen LogP contribution in [0.15, 0.2) is 0 Å². The Labute approximate surface area is 152 Å². The summed E-state index contributed by atoms with van der Waals surface area (Å²) < 4.78 is 0. The van der Waals surface area contributed by atoms with E-state index in [2.05, 4.69) is 11.8 Å². The molecule has 1 heterocycles. The molecular formula is C22H45NO. The third-order valence-electron chi connectivity index (χ3n) is 5.63. The van der Waals surface area contributed by atoms with Crippen molar-refractivity contribution in [3.8, 4) is 0 Å². The standard InChI is InChI=1S/C22H45NO/c1-2-3-4-5-6-7-8-9-10-11-12-13-14-16-19-22(24)23-20-17-15-18-21-23/h22,24H,2-21H2,1H3. The Balaban J connectivity index is 1.74. The molecule has 1 aliphatic rings. The van der Waals surface area contributed by atoms with Gasteiger partial charge in [-0.05, 0) is 25.7 Å². The molecule has 0 amide bonds. The molecule has 2 nitrogen and oxygen atoms in total. The number of unbranched alkanes of at least 4 members (excludes halogenated alkanes) is 13. The predicted molar refractivity (Wildman–Crippen MR) is 106 cm³/mol. The molecule has 0 aromatic rings. The molecule has 144 valence electrons. The second-order valence-electron chi connectivity index (χ2n) is 7.96. The summed E-state index contributed by atoms with van der Waals surface area (Å²) >= 11 is 0. The van der Waals surface area contributed by atoms with Crippen molar-refractivity contribution in [1.82, 2.24) is 4.90 Å². The first-order valence-corrected chi connectivity index (χ1v) is 11.3. The molecule has 1 saturated heterocycles. The number of aliphatic hydroxyl groups is 1. The molecule has 0 aromatic carbocycles. The lowest BCUT2D eigenvalue weighted by molar-refractivity contribution is -0.0148. The molecule has 1 aliphatic heterocycles. The van der Waals surface area contributed by atoms with Crippen molar-refractivity contribution in [2.75, 3.05) is 13.1 Å². The van der Waals surface area contributed by atoms with E-state index in [4.69, 9.17) is 0 Å². The second-order valence-corrected chi connectivity index (χ2v) is 7.96. The normalized spacial score (nSPS) is 17.2. The second kappa shape index (κ2) is 16.4. The summed E-state index contributed by atoms with van der Waals surface area (Å²) in [5, 5.41) is 10.2. The van der Waals surface area contributed by atoms with Gasteiger partial charge in [-0.1, -0.05) is 96.8 Å². The lowest BCUT2D eigenvalue weighted by Crippen LogP contribution is -2.39. The molecule has 0 bridgehead atoms. The zero-order chi connectivity index (χ0) is 17.3. The fraction of sp³-hybridized carbons (Fsp3) is 1.00. The summed E-state index contributed by atoms with van der Waals surface area (Å²) in [4.78, 5) is 2.28. The average molecular weight is 340 g/mol. The van der Waals surface area contributed by atoms with E-state index in [9.17, 15) is 5.11 Å². The number of hydrogen-bond donors (Lipinski definition) is 1. The van der Waals surface area contributed by atoms with Crippen LogP contribution in [0.2, 0.25) is 0 Å². The maximum absolute atomic E-state index is 10.2. The number of rotatable bonds is 16. The smallest absolute Gasteiger partial charge is 0.107 e. The third kappa shape index (κ3) is 12.3. The van der Waals surface area contributed by atoms with Crippen LogP contribution in [0.5, 0.6) is 0 Å². The van der Waals surface area contributed by atoms with Gasteiger partial charge in [0, 0.05) is 13.1 Å². The number of likely N-dealkylation sites (tertiary alicyclic amines) is 1. The molecule has 1 unspecified atom stereocenters. The minimum absolute atomic E-state index is 0.164. The van der Waals surface area contributed by atoms with Crippen molar-refractivity contribution in [3.05, 3.63) is 0 Å². The summed E-state index contributed by atoms with van der Waals surface area (Å²) in [5.41, 5.74) is 0. The monoisotopic (exact) mass is 339 g/mol. The zero-order valence-corrected chi connectivity index (χ0v) is 16.6. The molecule has 24 heavy (non-hydrogen) atoms. The first kappa shape index (κ1) is 22.0. The summed E-state index contributed by atoms with van der Waals surface area (Å²) in [7, 11) is 0. The van der Waals surface area contributed by atoms with Gasteiger partial charge in [0.1, 0.15) is 6.23 Å². The summed E-state index contributed by atoms with van der Waals surface area (Å²) in [6.45, 7) is 4.51. The van der Waals surface area contributed by atoms with Gasteiger partial charge < -0.3 is 5.11 Å². The van der Waals surface area contributed by atoms with Crippen LogP contribution in [0.4, 0.5) is 0 Å². The van der Waals surface area contributed by atoms with Crippen LogP contribution in [-0.2, 0) is 0 Å². The molecule has 0 spiro atoms. The largest absolute Gasteiger partial charge is 0.378 e. The Hall–Kier alpha value is -0.0800. The van der Waals surface area contributed by atoms with E-state index in [0.29, 0.717) is 0 Å². The van der Waals surface area contributed by atoms with Crippen LogP contribution in [0.1, 0.15) is 122 Å². The van der Waals surface area contributed by atoms with Crippen LogP contribution in [0.3, 0.4) is 0 Å². The Morgan fingerprint density at radius 2 is 1.04 bits per heavy atom. The lowest BCUT2D eigenvalue weighted by atomic mass is 10.0. The maximum atomic E-state index is 10.2. The Bertz CT molecular complexity index is 250. The highest BCUT2D eigenvalue weighted by Gasteiger charge is 2.17. The molecule has 1 N–H and O–H groups in total. The molecule has 1 rings (SSSR count). The van der Waals surface area contributed by atoms with E-state index >= 15 is 0 Å². The molecule has 0 radical (unpaired) electrons. The highest BCUT2D eigenvalue weighted by Crippen LogP contribution is 2.16. The van der Waals surface area contributed by atoms with Gasteiger partial charge in [-0.25, -0.2) is 0 Å². The highest BCUT2D eigenvalue weighted by atomic mass is 16.3. The van der Waals surface area contributed by atoms with E-state index in [0.717, 1.165) is 19.5 Å². The van der Waals surface area contributed by atoms with Gasteiger partial charge in [-0.15, -0.1) is 0 Å². The fourth-order valence-corrected chi connectivity index (χ4v) is 3.92. The molecule has 0 aromatic heterocycles. The van der Waals surface area contributed by atoms with Crippen LogP contribution in [0.25, 0.3) is 0 Å². The molecule has 1 atom stereocenters. The first-order valence-electron chi connectivity index (χ1n) is 11.3. The summed E-state index contributed by atoms with van der Waals surface area (Å²) in [6, 6.07) is 0. The van der Waals surface area contributed by atoms with Gasteiger partial charge >= 0.3 is 0 Å². The fourth-order valence-electron chi connectivity index (χ4n) is 3.92. The first-order chi connectivity index (χ1) is 11.8. The third-order valence-corrected chi connectivity index (χ3v) is 5.63. The van der Waals surface area contributed by atoms with Crippen molar-refractivity contribution < 1.29 is 5.11 Å². The van der Waals surface area contributed by atoms with Crippen LogP contribution >= 0.6 is 0 Å². The van der Waals surface area contributed by atoms with E-state index < -0.39 is 0 Å². The molecule has 0 saturated carbocycles. The number of nitrogens with zero attached hydrogens (tertiary/aromatic N) is 1. The van der Waals surface area contributed by atoms with E-state index in [1.54, 1.807) is 0 Å². The quantitative estimate of drug-likeness (QED) is 0.318. The van der Waals surface area contributed by atoms with Crippen LogP contribution < -0.4 is 0 Å². The Morgan fingerprint density at radius 1 is 0.625 bits per heavy atom. The molecular weight excluding hydrogens is 294 g/mol. The average Bonchev–Trinajstić information content (AvgIpc) is 2.62. The van der Waals surface area contributed by atoms with Gasteiger partial charge in [0.05, 0.1) is 0 Å². The van der Waals surface area contributed by atoms with Gasteiger partial charge in [0.25, 0.3) is 0 Å². The van der Waals surface area contributed by atoms with E-state index in [1.807, 2.05) is 0 Å². The molecule has 1 fully saturated rings. The maximum Gasteiger partial charge on any atom is 0.107 e. The van der Waals surface area contributed by atoms with Crippen molar-refractivity contribution in [2.24, 2.45) is 0 Å². The lowest BCUT2D eigenvalue weighted by Gasteiger charge is -2.31. The number of hydrogen-bond acceptors (Lipinski definition) is 2. The predicted octanol–water partition coefficient (Wildman–Crippen LogP) is 6.66. The highest BCUT2D eigenvalue weighted by molar-refractivity contribution is 4.67. The van der Waals surface area contributed by atoms with E-state index in [-0.39, 0.29) is 6.23 Å². The topological polar surface area (TPSA) is 23.5 Å². The number of aliphatic hydroxyl groups excluding tert-OH is 1. The minimum Gasteiger partial charge on any atom is -0.378 e. The summed E-state index contributed by atoms with van der Waals surface area (Å²) in [5.74, 6) is 0. The minimum atomic E-state index is -0.164. The van der Waals surface area contributed by atoms with Crippen LogP contribution in [0, 0.1) is 0 Å². The zero-order valence-electron chi connectivity index (χ0n) is 16.6. The Kier molecular flexibility index (Phi) is 15.0. The van der Waals surface area contributed by atoms with Gasteiger partial charge in [0.2, 0.25) is 0 Å². The van der Waals surface area contributed by atoms with Crippen molar-refractivity contribution in [1.29, 1.82) is 0 Å². The van der Waals surface area contributed by atoms with Crippen molar-refractivity contribution >= 4 is 0 Å². The molecule has 2 heteroatoms. The van der Waals surface area contributed by atoms with Gasteiger partial charge in [-0.2, -0.15) is 0 Å². The molecule has 0 aliphatic carbocycles. The van der Waals surface area contributed by atoms with Crippen LogP contribution in [-0.4, -0.2) is 29.3 Å².